The normalized spacial score (nSPS) is 10.2. The number of alkyl halides is 1. The fraction of sp³-hybridized carbons (Fsp3) is 0.222. The van der Waals surface area contributed by atoms with Crippen LogP contribution in [0.1, 0.15) is 10.4 Å². The molecule has 0 unspecified atom stereocenters. The van der Waals surface area contributed by atoms with Gasteiger partial charge in [0.05, 0.1) is 12.4 Å². The summed E-state index contributed by atoms with van der Waals surface area (Å²) in [7, 11) is 1.07. The minimum absolute atomic E-state index is 0.247. The molecule has 0 amide bonds. The maximum absolute atomic E-state index is 13.2. The molecule has 2 nitrogen and oxygen atoms in total. The number of ether oxygens (including phenoxy) is 1. The second-order valence-electron chi connectivity index (χ2n) is 2.62. The average molecular weight is 283 g/mol. The maximum Gasteiger partial charge on any atom is 0.180 e. The van der Waals surface area contributed by atoms with Crippen LogP contribution in [-0.2, 0) is 0 Å². The average Bonchev–Trinajstić information content (AvgIpc) is 2.21. The number of rotatable bonds is 3. The summed E-state index contributed by atoms with van der Waals surface area (Å²) in [6.45, 7) is 0. The van der Waals surface area contributed by atoms with Crippen molar-refractivity contribution in [3.63, 3.8) is 0 Å². The van der Waals surface area contributed by atoms with Gasteiger partial charge >= 0.3 is 0 Å². The van der Waals surface area contributed by atoms with Gasteiger partial charge in [-0.1, -0.05) is 15.9 Å². The van der Waals surface area contributed by atoms with Gasteiger partial charge in [-0.15, -0.1) is 0 Å². The molecule has 1 rings (SSSR count). The SMILES string of the molecule is COc1c(F)cc(F)c(F)c1C(=O)CBr. The van der Waals surface area contributed by atoms with Gasteiger partial charge in [-0.2, -0.15) is 0 Å². The zero-order valence-electron chi connectivity index (χ0n) is 7.61. The highest BCUT2D eigenvalue weighted by Gasteiger charge is 2.24. The van der Waals surface area contributed by atoms with Gasteiger partial charge in [0.1, 0.15) is 5.56 Å². The Morgan fingerprint density at radius 1 is 1.40 bits per heavy atom. The van der Waals surface area contributed by atoms with E-state index in [0.717, 1.165) is 7.11 Å². The summed E-state index contributed by atoms with van der Waals surface area (Å²) in [5, 5.41) is -0.247. The number of carbonyl (C=O) groups excluding carboxylic acids is 1. The molecule has 0 N–H and O–H groups in total. The third-order valence-corrected chi connectivity index (χ3v) is 2.24. The first-order chi connectivity index (χ1) is 7.02. The Hall–Kier alpha value is -1.04. The van der Waals surface area contributed by atoms with Crippen LogP contribution < -0.4 is 4.74 Å². The van der Waals surface area contributed by atoms with E-state index in [-0.39, 0.29) is 5.33 Å². The van der Waals surface area contributed by atoms with Crippen molar-refractivity contribution in [3.05, 3.63) is 29.1 Å². The van der Waals surface area contributed by atoms with Crippen molar-refractivity contribution in [2.24, 2.45) is 0 Å². The molecule has 0 saturated heterocycles. The van der Waals surface area contributed by atoms with E-state index >= 15 is 0 Å². The molecule has 0 aliphatic carbocycles. The highest BCUT2D eigenvalue weighted by atomic mass is 79.9. The van der Waals surface area contributed by atoms with Crippen LogP contribution in [0.5, 0.6) is 5.75 Å². The van der Waals surface area contributed by atoms with Crippen LogP contribution in [-0.4, -0.2) is 18.2 Å². The predicted molar refractivity (Wildman–Crippen MR) is 51.0 cm³/mol. The van der Waals surface area contributed by atoms with Crippen LogP contribution in [0.15, 0.2) is 6.07 Å². The molecule has 0 spiro atoms. The fourth-order valence-corrected chi connectivity index (χ4v) is 1.37. The van der Waals surface area contributed by atoms with Gasteiger partial charge in [0, 0.05) is 6.07 Å². The topological polar surface area (TPSA) is 26.3 Å². The minimum Gasteiger partial charge on any atom is -0.493 e. The first kappa shape index (κ1) is 12.0. The third-order valence-electron chi connectivity index (χ3n) is 1.73. The minimum atomic E-state index is -1.42. The van der Waals surface area contributed by atoms with E-state index in [9.17, 15) is 18.0 Å². The van der Waals surface area contributed by atoms with Gasteiger partial charge in [-0.3, -0.25) is 4.79 Å². The van der Waals surface area contributed by atoms with Gasteiger partial charge in [0.25, 0.3) is 0 Å². The van der Waals surface area contributed by atoms with E-state index in [2.05, 4.69) is 20.7 Å². The molecule has 0 radical (unpaired) electrons. The Morgan fingerprint density at radius 2 is 2.00 bits per heavy atom. The largest absolute Gasteiger partial charge is 0.493 e. The van der Waals surface area contributed by atoms with Crippen LogP contribution >= 0.6 is 15.9 Å². The first-order valence-corrected chi connectivity index (χ1v) is 4.95. The van der Waals surface area contributed by atoms with E-state index in [4.69, 9.17) is 0 Å². The van der Waals surface area contributed by atoms with Crippen LogP contribution in [0, 0.1) is 17.5 Å². The lowest BCUT2D eigenvalue weighted by Crippen LogP contribution is -2.10. The lowest BCUT2D eigenvalue weighted by molar-refractivity contribution is 0.101. The predicted octanol–water partition coefficient (Wildman–Crippen LogP) is 2.69. The highest BCUT2D eigenvalue weighted by molar-refractivity contribution is 9.09. The van der Waals surface area contributed by atoms with Gasteiger partial charge in [-0.25, -0.2) is 13.2 Å². The van der Waals surface area contributed by atoms with Gasteiger partial charge < -0.3 is 4.74 Å². The number of methoxy groups -OCH3 is 1. The number of Topliss-reactive ketones (excluding diaryl/α,β-unsaturated/α-hetero) is 1. The summed E-state index contributed by atoms with van der Waals surface area (Å²) < 4.78 is 43.6. The second-order valence-corrected chi connectivity index (χ2v) is 3.18. The van der Waals surface area contributed by atoms with Crippen molar-refractivity contribution < 1.29 is 22.7 Å². The Bertz CT molecular complexity index is 407. The Kier molecular flexibility index (Phi) is 3.73. The molecule has 1 aromatic carbocycles. The molecule has 15 heavy (non-hydrogen) atoms. The zero-order chi connectivity index (χ0) is 11.6. The summed E-state index contributed by atoms with van der Waals surface area (Å²) in [6, 6.07) is 0.333. The van der Waals surface area contributed by atoms with Crippen molar-refractivity contribution in [1.82, 2.24) is 0 Å². The smallest absolute Gasteiger partial charge is 0.180 e. The van der Waals surface area contributed by atoms with Crippen LogP contribution in [0.2, 0.25) is 0 Å². The first-order valence-electron chi connectivity index (χ1n) is 3.83. The van der Waals surface area contributed by atoms with Crippen LogP contribution in [0.25, 0.3) is 0 Å². The third kappa shape index (κ3) is 2.14. The Labute approximate surface area is 92.2 Å². The van der Waals surface area contributed by atoms with Crippen molar-refractivity contribution >= 4 is 21.7 Å². The van der Waals surface area contributed by atoms with E-state index in [1.807, 2.05) is 0 Å². The molecule has 6 heteroatoms. The number of ketones is 1. The quantitative estimate of drug-likeness (QED) is 0.484. The number of carbonyl (C=O) groups is 1. The fourth-order valence-electron chi connectivity index (χ4n) is 1.09. The second kappa shape index (κ2) is 4.65. The van der Waals surface area contributed by atoms with E-state index in [0.29, 0.717) is 6.07 Å². The van der Waals surface area contributed by atoms with Gasteiger partial charge in [0.15, 0.2) is 29.0 Å². The highest BCUT2D eigenvalue weighted by Crippen LogP contribution is 2.28. The lowest BCUT2D eigenvalue weighted by atomic mass is 10.1. The van der Waals surface area contributed by atoms with E-state index < -0.39 is 34.5 Å². The molecule has 0 bridgehead atoms. The number of hydrogen-bond donors (Lipinski definition) is 0. The van der Waals surface area contributed by atoms with E-state index in [1.54, 1.807) is 0 Å². The zero-order valence-corrected chi connectivity index (χ0v) is 9.20. The standard InChI is InChI=1S/C9H6BrF3O2/c1-15-9-5(12)2-4(11)8(13)7(9)6(14)3-10/h2H,3H2,1H3. The van der Waals surface area contributed by atoms with Crippen LogP contribution in [0.4, 0.5) is 13.2 Å². The molecule has 0 saturated carbocycles. The van der Waals surface area contributed by atoms with Crippen LogP contribution in [0.3, 0.4) is 0 Å². The van der Waals surface area contributed by atoms with E-state index in [1.165, 1.54) is 0 Å². The summed E-state index contributed by atoms with van der Waals surface area (Å²) in [5.41, 5.74) is -0.716. The molecule has 0 fully saturated rings. The Morgan fingerprint density at radius 3 is 2.47 bits per heavy atom. The molecular weight excluding hydrogens is 277 g/mol. The summed E-state index contributed by atoms with van der Waals surface area (Å²) in [4.78, 5) is 11.2. The van der Waals surface area contributed by atoms with Crippen molar-refractivity contribution in [1.29, 1.82) is 0 Å². The lowest BCUT2D eigenvalue weighted by Gasteiger charge is -2.09. The van der Waals surface area contributed by atoms with Gasteiger partial charge in [0.2, 0.25) is 0 Å². The molecule has 0 aliphatic rings. The summed E-state index contributed by atoms with van der Waals surface area (Å²) in [6.07, 6.45) is 0. The van der Waals surface area contributed by atoms with Crippen molar-refractivity contribution in [3.8, 4) is 5.75 Å². The Balaban J connectivity index is 3.50. The number of benzene rings is 1. The number of halogens is 4. The molecule has 0 aliphatic heterocycles. The van der Waals surface area contributed by atoms with Crippen molar-refractivity contribution in [2.45, 2.75) is 0 Å². The summed E-state index contributed by atoms with van der Waals surface area (Å²) >= 11 is 2.78. The molecule has 0 atom stereocenters. The molecule has 82 valence electrons. The monoisotopic (exact) mass is 282 g/mol. The summed E-state index contributed by atoms with van der Waals surface area (Å²) in [5.74, 6) is -5.31. The molecule has 0 heterocycles. The molecule has 1 aromatic rings. The van der Waals surface area contributed by atoms with Gasteiger partial charge in [-0.05, 0) is 0 Å². The molecule has 0 aromatic heterocycles. The number of hydrogen-bond acceptors (Lipinski definition) is 2. The van der Waals surface area contributed by atoms with Crippen molar-refractivity contribution in [2.75, 3.05) is 12.4 Å². The maximum atomic E-state index is 13.2. The molecular formula is C9H6BrF3O2.